The number of anilines is 1. The molecule has 5 heteroatoms. The molecule has 0 fully saturated rings. The maximum Gasteiger partial charge on any atom is 0.223 e. The molecule has 2 rings (SSSR count). The summed E-state index contributed by atoms with van der Waals surface area (Å²) in [5.74, 6) is 0.607. The molecule has 1 aromatic carbocycles. The van der Waals surface area contributed by atoms with Crippen molar-refractivity contribution in [2.45, 2.75) is 6.92 Å². The predicted molar refractivity (Wildman–Crippen MR) is 71.7 cm³/mol. The minimum atomic E-state index is 0.521. The van der Waals surface area contributed by atoms with Crippen LogP contribution in [0.1, 0.15) is 6.92 Å². The third-order valence-electron chi connectivity index (χ3n) is 2.21. The third-order valence-corrected chi connectivity index (χ3v) is 2.94. The summed E-state index contributed by atoms with van der Waals surface area (Å²) in [6, 6.07) is 7.27. The van der Waals surface area contributed by atoms with E-state index in [9.17, 15) is 0 Å². The summed E-state index contributed by atoms with van der Waals surface area (Å²) in [5.41, 5.74) is 1.73. The fraction of sp³-hybridized carbons (Fsp3) is 0.167. The number of rotatable bonds is 3. The van der Waals surface area contributed by atoms with Crippen LogP contribution in [-0.4, -0.2) is 16.5 Å². The molecule has 88 valence electrons. The Labute approximate surface area is 110 Å². The molecule has 0 radical (unpaired) electrons. The highest BCUT2D eigenvalue weighted by Gasteiger charge is 2.04. The highest BCUT2D eigenvalue weighted by molar-refractivity contribution is 6.42. The quantitative estimate of drug-likeness (QED) is 0.917. The summed E-state index contributed by atoms with van der Waals surface area (Å²) in [6.45, 7) is 2.78. The molecule has 0 atom stereocenters. The normalized spacial score (nSPS) is 10.3. The molecule has 0 spiro atoms. The summed E-state index contributed by atoms with van der Waals surface area (Å²) in [5, 5.41) is 4.12. The van der Waals surface area contributed by atoms with Crippen LogP contribution >= 0.6 is 23.2 Å². The van der Waals surface area contributed by atoms with Crippen LogP contribution in [0.4, 0.5) is 5.95 Å². The average Bonchev–Trinajstić information content (AvgIpc) is 2.33. The first-order chi connectivity index (χ1) is 8.20. The molecule has 17 heavy (non-hydrogen) atoms. The molecule has 3 nitrogen and oxygen atoms in total. The van der Waals surface area contributed by atoms with E-state index in [0.717, 1.165) is 17.8 Å². The van der Waals surface area contributed by atoms with Crippen molar-refractivity contribution < 1.29 is 0 Å². The van der Waals surface area contributed by atoms with Gasteiger partial charge in [-0.15, -0.1) is 0 Å². The van der Waals surface area contributed by atoms with Crippen molar-refractivity contribution in [2.24, 2.45) is 0 Å². The molecule has 0 unspecified atom stereocenters. The van der Waals surface area contributed by atoms with Gasteiger partial charge in [-0.1, -0.05) is 29.3 Å². The van der Waals surface area contributed by atoms with Gasteiger partial charge in [0.1, 0.15) is 0 Å². The van der Waals surface area contributed by atoms with Crippen LogP contribution < -0.4 is 5.32 Å². The number of hydrogen-bond donors (Lipinski definition) is 1. The smallest absolute Gasteiger partial charge is 0.223 e. The summed E-state index contributed by atoms with van der Waals surface area (Å²) < 4.78 is 0. The van der Waals surface area contributed by atoms with Gasteiger partial charge < -0.3 is 5.32 Å². The standard InChI is InChI=1S/C12H11Cl2N3/c1-2-15-12-16-6-5-11(17-12)8-3-4-9(13)10(14)7-8/h3-7H,2H2,1H3,(H,15,16,17). The lowest BCUT2D eigenvalue weighted by molar-refractivity contribution is 1.09. The van der Waals surface area contributed by atoms with Crippen molar-refractivity contribution >= 4 is 29.2 Å². The number of nitrogens with one attached hydrogen (secondary N) is 1. The zero-order valence-corrected chi connectivity index (χ0v) is 10.8. The largest absolute Gasteiger partial charge is 0.354 e. The molecule has 0 aliphatic carbocycles. The third kappa shape index (κ3) is 2.87. The summed E-state index contributed by atoms with van der Waals surface area (Å²) in [6.07, 6.45) is 1.71. The van der Waals surface area contributed by atoms with Crippen molar-refractivity contribution in [1.82, 2.24) is 9.97 Å². The Bertz CT molecular complexity index is 529. The molecule has 0 saturated carbocycles. The second kappa shape index (κ2) is 5.34. The van der Waals surface area contributed by atoms with Crippen molar-refractivity contribution in [3.05, 3.63) is 40.5 Å². The van der Waals surface area contributed by atoms with Crippen molar-refractivity contribution in [3.8, 4) is 11.3 Å². The van der Waals surface area contributed by atoms with Crippen LogP contribution in [0.3, 0.4) is 0 Å². The van der Waals surface area contributed by atoms with E-state index in [1.54, 1.807) is 18.3 Å². The molecule has 0 saturated heterocycles. The molecule has 0 amide bonds. The first-order valence-corrected chi connectivity index (χ1v) is 5.98. The molecule has 1 N–H and O–H groups in total. The van der Waals surface area contributed by atoms with E-state index < -0.39 is 0 Å². The van der Waals surface area contributed by atoms with Gasteiger partial charge in [0.25, 0.3) is 0 Å². The van der Waals surface area contributed by atoms with Crippen LogP contribution in [0.2, 0.25) is 10.0 Å². The molecule has 1 aromatic heterocycles. The lowest BCUT2D eigenvalue weighted by Crippen LogP contribution is -2.02. The van der Waals surface area contributed by atoms with E-state index in [-0.39, 0.29) is 0 Å². The fourth-order valence-corrected chi connectivity index (χ4v) is 1.72. The Hall–Kier alpha value is -1.32. The summed E-state index contributed by atoms with van der Waals surface area (Å²) in [4.78, 5) is 8.49. The first-order valence-electron chi connectivity index (χ1n) is 5.23. The van der Waals surface area contributed by atoms with Crippen LogP contribution in [0.15, 0.2) is 30.5 Å². The van der Waals surface area contributed by atoms with E-state index in [1.165, 1.54) is 0 Å². The molecular formula is C12H11Cl2N3. The van der Waals surface area contributed by atoms with Gasteiger partial charge in [0.15, 0.2) is 0 Å². The molecule has 1 heterocycles. The van der Waals surface area contributed by atoms with Gasteiger partial charge in [0.05, 0.1) is 15.7 Å². The number of hydrogen-bond acceptors (Lipinski definition) is 3. The van der Waals surface area contributed by atoms with Crippen molar-refractivity contribution in [2.75, 3.05) is 11.9 Å². The molecule has 0 bridgehead atoms. The van der Waals surface area contributed by atoms with E-state index in [4.69, 9.17) is 23.2 Å². The summed E-state index contributed by atoms with van der Waals surface area (Å²) >= 11 is 11.8. The number of nitrogens with zero attached hydrogens (tertiary/aromatic N) is 2. The van der Waals surface area contributed by atoms with Gasteiger partial charge in [-0.2, -0.15) is 0 Å². The molecule has 2 aromatic rings. The minimum absolute atomic E-state index is 0.521. The van der Waals surface area contributed by atoms with Crippen LogP contribution in [-0.2, 0) is 0 Å². The first kappa shape index (κ1) is 12.1. The minimum Gasteiger partial charge on any atom is -0.354 e. The maximum atomic E-state index is 5.97. The zero-order valence-electron chi connectivity index (χ0n) is 9.24. The molecular weight excluding hydrogens is 257 g/mol. The molecule has 0 aliphatic rings. The number of benzene rings is 1. The van der Waals surface area contributed by atoms with Gasteiger partial charge >= 0.3 is 0 Å². The van der Waals surface area contributed by atoms with Crippen molar-refractivity contribution in [1.29, 1.82) is 0 Å². The van der Waals surface area contributed by atoms with Gasteiger partial charge in [-0.25, -0.2) is 9.97 Å². The van der Waals surface area contributed by atoms with E-state index in [1.807, 2.05) is 19.1 Å². The highest BCUT2D eigenvalue weighted by atomic mass is 35.5. The lowest BCUT2D eigenvalue weighted by Gasteiger charge is -2.05. The number of aromatic nitrogens is 2. The average molecular weight is 268 g/mol. The Morgan fingerprint density at radius 3 is 2.71 bits per heavy atom. The number of halogens is 2. The Balaban J connectivity index is 2.38. The van der Waals surface area contributed by atoms with Crippen molar-refractivity contribution in [3.63, 3.8) is 0 Å². The topological polar surface area (TPSA) is 37.8 Å². The van der Waals surface area contributed by atoms with Gasteiger partial charge in [-0.05, 0) is 25.1 Å². The summed E-state index contributed by atoms with van der Waals surface area (Å²) in [7, 11) is 0. The SMILES string of the molecule is CCNc1nccc(-c2ccc(Cl)c(Cl)c2)n1. The van der Waals surface area contributed by atoms with Crippen LogP contribution in [0.25, 0.3) is 11.3 Å². The maximum absolute atomic E-state index is 5.97. The lowest BCUT2D eigenvalue weighted by atomic mass is 10.1. The van der Waals surface area contributed by atoms with E-state index >= 15 is 0 Å². The molecule has 0 aliphatic heterocycles. The Morgan fingerprint density at radius 1 is 1.18 bits per heavy atom. The van der Waals surface area contributed by atoms with E-state index in [0.29, 0.717) is 16.0 Å². The monoisotopic (exact) mass is 267 g/mol. The fourth-order valence-electron chi connectivity index (χ4n) is 1.42. The highest BCUT2D eigenvalue weighted by Crippen LogP contribution is 2.27. The zero-order chi connectivity index (χ0) is 12.3. The van der Waals surface area contributed by atoms with Gasteiger partial charge in [0.2, 0.25) is 5.95 Å². The Kier molecular flexibility index (Phi) is 3.82. The van der Waals surface area contributed by atoms with E-state index in [2.05, 4.69) is 15.3 Å². The van der Waals surface area contributed by atoms with Crippen LogP contribution in [0.5, 0.6) is 0 Å². The second-order valence-electron chi connectivity index (χ2n) is 3.42. The van der Waals surface area contributed by atoms with Gasteiger partial charge in [0, 0.05) is 18.3 Å². The Morgan fingerprint density at radius 2 is 2.00 bits per heavy atom. The second-order valence-corrected chi connectivity index (χ2v) is 4.24. The van der Waals surface area contributed by atoms with Crippen LogP contribution in [0, 0.1) is 0 Å². The van der Waals surface area contributed by atoms with Gasteiger partial charge in [-0.3, -0.25) is 0 Å². The predicted octanol–water partition coefficient (Wildman–Crippen LogP) is 3.88.